The highest BCUT2D eigenvalue weighted by Crippen LogP contribution is 2.32. The zero-order valence-corrected chi connectivity index (χ0v) is 19.3. The lowest BCUT2D eigenvalue weighted by Gasteiger charge is -2.34. The third-order valence-corrected chi connectivity index (χ3v) is 7.01. The first-order valence-electron chi connectivity index (χ1n) is 11.1. The maximum absolute atomic E-state index is 14.6. The van der Waals surface area contributed by atoms with E-state index in [1.165, 1.54) is 18.9 Å². The number of hydrogen-bond donors (Lipinski definition) is 2. The lowest BCUT2D eigenvalue weighted by molar-refractivity contribution is 0.215. The molecule has 0 bridgehead atoms. The number of benzene rings is 1. The molecule has 33 heavy (non-hydrogen) atoms. The van der Waals surface area contributed by atoms with Gasteiger partial charge in [0, 0.05) is 56.6 Å². The number of halogens is 1. The van der Waals surface area contributed by atoms with E-state index in [1.54, 1.807) is 12.3 Å². The van der Waals surface area contributed by atoms with Crippen LogP contribution in [0.15, 0.2) is 30.5 Å². The lowest BCUT2D eigenvalue weighted by atomic mass is 10.1. The van der Waals surface area contributed by atoms with Gasteiger partial charge in [0.1, 0.15) is 16.7 Å². The Morgan fingerprint density at radius 1 is 1.06 bits per heavy atom. The number of likely N-dealkylation sites (N-methyl/N-ethyl adjacent to an activating group) is 1. The summed E-state index contributed by atoms with van der Waals surface area (Å²) in [7, 11) is 2.03. The van der Waals surface area contributed by atoms with E-state index in [4.69, 9.17) is 5.41 Å². The predicted octanol–water partition coefficient (Wildman–Crippen LogP) is 3.28. The standard InChI is InChI=1S/C23H26FN7OS/c1-29-8-10-31(11-9-29)21(25)17-12-16(13-18(24)20(17)32)23-27-22(28-33-23)15-4-5-19(26-14-15)30-6-2-3-7-30/h4-5,12-14,25,32H,2-3,6-11H2,1H3. The summed E-state index contributed by atoms with van der Waals surface area (Å²) in [6.07, 6.45) is 4.15. The molecule has 0 radical (unpaired) electrons. The molecule has 172 valence electrons. The molecule has 0 aliphatic carbocycles. The van der Waals surface area contributed by atoms with Gasteiger partial charge in [-0.1, -0.05) is 0 Å². The zero-order chi connectivity index (χ0) is 22.9. The zero-order valence-electron chi connectivity index (χ0n) is 18.5. The van der Waals surface area contributed by atoms with Crippen molar-refractivity contribution in [1.82, 2.24) is 24.1 Å². The summed E-state index contributed by atoms with van der Waals surface area (Å²) in [4.78, 5) is 15.4. The molecule has 0 saturated carbocycles. The van der Waals surface area contributed by atoms with Gasteiger partial charge in [-0.3, -0.25) is 5.41 Å². The summed E-state index contributed by atoms with van der Waals surface area (Å²) in [5.74, 6) is 0.329. The Morgan fingerprint density at radius 2 is 1.82 bits per heavy atom. The van der Waals surface area contributed by atoms with Gasteiger partial charge < -0.3 is 19.8 Å². The molecule has 0 spiro atoms. The number of nitrogens with one attached hydrogen (secondary N) is 1. The molecule has 8 nitrogen and oxygen atoms in total. The van der Waals surface area contributed by atoms with Crippen LogP contribution in [0.25, 0.3) is 22.0 Å². The van der Waals surface area contributed by atoms with Crippen LogP contribution in [0.5, 0.6) is 5.75 Å². The monoisotopic (exact) mass is 467 g/mol. The van der Waals surface area contributed by atoms with Crippen LogP contribution in [-0.2, 0) is 0 Å². The predicted molar refractivity (Wildman–Crippen MR) is 128 cm³/mol. The molecule has 2 saturated heterocycles. The van der Waals surface area contributed by atoms with Crippen molar-refractivity contribution in [3.63, 3.8) is 0 Å². The van der Waals surface area contributed by atoms with Crippen LogP contribution in [-0.4, -0.2) is 81.4 Å². The number of pyridine rings is 1. The largest absolute Gasteiger partial charge is 0.504 e. The van der Waals surface area contributed by atoms with Gasteiger partial charge in [-0.25, -0.2) is 14.4 Å². The fourth-order valence-electron chi connectivity index (χ4n) is 4.21. The quantitative estimate of drug-likeness (QED) is 0.449. The highest BCUT2D eigenvalue weighted by molar-refractivity contribution is 7.09. The van der Waals surface area contributed by atoms with Crippen molar-refractivity contribution in [2.45, 2.75) is 12.8 Å². The van der Waals surface area contributed by atoms with E-state index in [1.807, 2.05) is 24.1 Å². The van der Waals surface area contributed by atoms with Crippen molar-refractivity contribution < 1.29 is 9.50 Å². The third kappa shape index (κ3) is 4.40. The molecule has 10 heteroatoms. The Labute approximate surface area is 196 Å². The van der Waals surface area contributed by atoms with E-state index in [0.717, 1.165) is 49.1 Å². The summed E-state index contributed by atoms with van der Waals surface area (Å²) in [6, 6.07) is 6.81. The summed E-state index contributed by atoms with van der Waals surface area (Å²) < 4.78 is 19.0. The van der Waals surface area contributed by atoms with Crippen LogP contribution in [0, 0.1) is 11.2 Å². The van der Waals surface area contributed by atoms with Crippen molar-refractivity contribution >= 4 is 23.2 Å². The Hall–Kier alpha value is -3.11. The first-order chi connectivity index (χ1) is 16.0. The molecule has 3 aromatic rings. The maximum atomic E-state index is 14.6. The Balaban J connectivity index is 1.39. The minimum absolute atomic E-state index is 0.118. The molecule has 0 atom stereocenters. The first-order valence-corrected chi connectivity index (χ1v) is 11.9. The van der Waals surface area contributed by atoms with Gasteiger partial charge in [0.2, 0.25) is 0 Å². The Morgan fingerprint density at radius 3 is 2.52 bits per heavy atom. The van der Waals surface area contributed by atoms with Gasteiger partial charge >= 0.3 is 0 Å². The minimum Gasteiger partial charge on any atom is -0.504 e. The summed E-state index contributed by atoms with van der Waals surface area (Å²) in [5.41, 5.74) is 1.46. The van der Waals surface area contributed by atoms with Crippen molar-refractivity contribution in [2.24, 2.45) is 0 Å². The Kier molecular flexibility index (Phi) is 5.94. The Bertz CT molecular complexity index is 1150. The van der Waals surface area contributed by atoms with Crippen molar-refractivity contribution in [2.75, 3.05) is 51.2 Å². The van der Waals surface area contributed by atoms with Gasteiger partial charge in [-0.2, -0.15) is 4.37 Å². The molecule has 1 aromatic carbocycles. The lowest BCUT2D eigenvalue weighted by Crippen LogP contribution is -2.47. The van der Waals surface area contributed by atoms with E-state index in [2.05, 4.69) is 24.1 Å². The first kappa shape index (κ1) is 21.7. The van der Waals surface area contributed by atoms with E-state index >= 15 is 0 Å². The number of nitrogens with zero attached hydrogens (tertiary/aromatic N) is 6. The number of anilines is 1. The van der Waals surface area contributed by atoms with Crippen LogP contribution in [0.4, 0.5) is 10.2 Å². The van der Waals surface area contributed by atoms with Crippen LogP contribution in [0.3, 0.4) is 0 Å². The molecule has 4 heterocycles. The average molecular weight is 468 g/mol. The second-order valence-electron chi connectivity index (χ2n) is 8.52. The molecule has 2 aliphatic rings. The van der Waals surface area contributed by atoms with Gasteiger partial charge in [0.25, 0.3) is 0 Å². The van der Waals surface area contributed by atoms with E-state index in [9.17, 15) is 9.50 Å². The fourth-order valence-corrected chi connectivity index (χ4v) is 4.88. The summed E-state index contributed by atoms with van der Waals surface area (Å²) >= 11 is 1.16. The smallest absolute Gasteiger partial charge is 0.174 e. The van der Waals surface area contributed by atoms with Gasteiger partial charge in [0.05, 0.1) is 5.56 Å². The average Bonchev–Trinajstić information content (AvgIpc) is 3.54. The third-order valence-electron chi connectivity index (χ3n) is 6.25. The maximum Gasteiger partial charge on any atom is 0.174 e. The number of phenolic OH excluding ortho intramolecular Hbond substituents is 1. The van der Waals surface area contributed by atoms with Crippen LogP contribution >= 0.6 is 11.5 Å². The van der Waals surface area contributed by atoms with E-state index in [-0.39, 0.29) is 11.4 Å². The number of phenols is 1. The van der Waals surface area contributed by atoms with E-state index < -0.39 is 11.6 Å². The summed E-state index contributed by atoms with van der Waals surface area (Å²) in [5, 5.41) is 19.4. The van der Waals surface area contributed by atoms with Gasteiger partial charge in [-0.05, 0) is 55.7 Å². The number of aromatic nitrogens is 3. The number of hydrogen-bond acceptors (Lipinski definition) is 8. The van der Waals surface area contributed by atoms with Crippen LogP contribution < -0.4 is 4.90 Å². The second kappa shape index (κ2) is 9.03. The summed E-state index contributed by atoms with van der Waals surface area (Å²) in [6.45, 7) is 5.01. The van der Waals surface area contributed by atoms with Crippen LogP contribution in [0.2, 0.25) is 0 Å². The molecule has 0 amide bonds. The highest BCUT2D eigenvalue weighted by Gasteiger charge is 2.23. The normalized spacial score (nSPS) is 17.0. The number of rotatable bonds is 4. The molecule has 2 aliphatic heterocycles. The topological polar surface area (TPSA) is 92.5 Å². The molecular formula is C23H26FN7OS. The molecule has 2 aromatic heterocycles. The van der Waals surface area contributed by atoms with Crippen molar-refractivity contribution in [3.8, 4) is 27.7 Å². The number of aromatic hydroxyl groups is 1. The van der Waals surface area contributed by atoms with Gasteiger partial charge in [0.15, 0.2) is 17.4 Å². The molecule has 2 fully saturated rings. The fraction of sp³-hybridized carbons (Fsp3) is 0.391. The number of piperazine rings is 1. The highest BCUT2D eigenvalue weighted by atomic mass is 32.1. The second-order valence-corrected chi connectivity index (χ2v) is 9.27. The molecular weight excluding hydrogens is 441 g/mol. The number of amidine groups is 1. The van der Waals surface area contributed by atoms with Crippen molar-refractivity contribution in [3.05, 3.63) is 41.8 Å². The van der Waals surface area contributed by atoms with Gasteiger partial charge in [-0.15, -0.1) is 0 Å². The molecule has 0 unspecified atom stereocenters. The van der Waals surface area contributed by atoms with Crippen molar-refractivity contribution in [1.29, 1.82) is 5.41 Å². The van der Waals surface area contributed by atoms with Crippen LogP contribution in [0.1, 0.15) is 18.4 Å². The molecule has 2 N–H and O–H groups in total. The minimum atomic E-state index is -0.769. The SMILES string of the molecule is CN1CCN(C(=N)c2cc(-c3nc(-c4ccc(N5CCCC5)nc4)ns3)cc(F)c2O)CC1. The van der Waals surface area contributed by atoms with E-state index in [0.29, 0.717) is 29.5 Å². The molecule has 5 rings (SSSR count).